The smallest absolute Gasteiger partial charge is 0.270 e. The molecule has 2 aliphatic heterocycles. The lowest BCUT2D eigenvalue weighted by molar-refractivity contribution is 0.152. The van der Waals surface area contributed by atoms with E-state index in [1.54, 1.807) is 23.9 Å². The minimum Gasteiger partial charge on any atom is -0.486 e. The number of nitrogens with zero attached hydrogens (tertiary/aromatic N) is 6. The molecule has 0 amide bonds. The predicted molar refractivity (Wildman–Crippen MR) is 126 cm³/mol. The zero-order chi connectivity index (χ0) is 23.5. The standard InChI is InChI=1S/C23H27BN6O4/c1-32-21-3-2-18-23(27-21)29(22(31)14-26-18)9-8-28-6-4-17(5-7-28)30(24)15-16-12-19-20(13-25-16)34-11-10-33-19/h2-3,12-14,17H,4-11,15H2,1H3. The summed E-state index contributed by atoms with van der Waals surface area (Å²) in [5, 5.41) is 0. The molecule has 176 valence electrons. The number of fused-ring (bicyclic) bond motifs is 2. The summed E-state index contributed by atoms with van der Waals surface area (Å²) >= 11 is 0. The van der Waals surface area contributed by atoms with Crippen molar-refractivity contribution in [2.45, 2.75) is 32.0 Å². The number of aromatic nitrogens is 4. The van der Waals surface area contributed by atoms with Gasteiger partial charge in [0.2, 0.25) is 5.88 Å². The molecule has 11 heteroatoms. The summed E-state index contributed by atoms with van der Waals surface area (Å²) in [6, 6.07) is 5.73. The van der Waals surface area contributed by atoms with Crippen LogP contribution in [0.2, 0.25) is 0 Å². The first-order chi connectivity index (χ1) is 16.6. The largest absolute Gasteiger partial charge is 0.486 e. The molecule has 3 aromatic rings. The molecule has 0 spiro atoms. The average Bonchev–Trinajstić information content (AvgIpc) is 2.88. The van der Waals surface area contributed by atoms with Crippen molar-refractivity contribution in [1.82, 2.24) is 29.2 Å². The first-order valence-corrected chi connectivity index (χ1v) is 11.5. The summed E-state index contributed by atoms with van der Waals surface area (Å²) in [5.41, 5.74) is 1.91. The second kappa shape index (κ2) is 9.98. The van der Waals surface area contributed by atoms with Gasteiger partial charge >= 0.3 is 0 Å². The van der Waals surface area contributed by atoms with E-state index in [-0.39, 0.29) is 11.6 Å². The van der Waals surface area contributed by atoms with E-state index in [1.165, 1.54) is 6.20 Å². The maximum Gasteiger partial charge on any atom is 0.270 e. The third-order valence-corrected chi connectivity index (χ3v) is 6.37. The molecule has 5 heterocycles. The van der Waals surface area contributed by atoms with Gasteiger partial charge in [0.25, 0.3) is 5.56 Å². The maximum absolute atomic E-state index is 12.5. The SMILES string of the molecule is [B]N(Cc1cc2c(cn1)OCCO2)C1CCN(CCn2c(=O)cnc3ccc(OC)nc32)CC1. The van der Waals surface area contributed by atoms with Crippen LogP contribution in [-0.4, -0.2) is 83.2 Å². The van der Waals surface area contributed by atoms with Gasteiger partial charge in [-0.3, -0.25) is 14.3 Å². The summed E-state index contributed by atoms with van der Waals surface area (Å²) in [4.78, 5) is 29.8. The van der Waals surface area contributed by atoms with Crippen molar-refractivity contribution in [1.29, 1.82) is 0 Å². The van der Waals surface area contributed by atoms with Gasteiger partial charge in [0.05, 0.1) is 25.2 Å². The van der Waals surface area contributed by atoms with E-state index < -0.39 is 0 Å². The van der Waals surface area contributed by atoms with Crippen molar-refractivity contribution in [3.8, 4) is 17.4 Å². The Morgan fingerprint density at radius 2 is 1.91 bits per heavy atom. The quantitative estimate of drug-likeness (QED) is 0.477. The fourth-order valence-corrected chi connectivity index (χ4v) is 4.46. The number of rotatable bonds is 7. The summed E-state index contributed by atoms with van der Waals surface area (Å²) in [7, 11) is 7.96. The number of methoxy groups -OCH3 is 1. The van der Waals surface area contributed by atoms with Crippen LogP contribution in [0.15, 0.2) is 35.4 Å². The van der Waals surface area contributed by atoms with E-state index in [0.717, 1.165) is 43.9 Å². The highest BCUT2D eigenvalue weighted by Gasteiger charge is 2.23. The van der Waals surface area contributed by atoms with Gasteiger partial charge in [-0.15, -0.1) is 0 Å². The van der Waals surface area contributed by atoms with Gasteiger partial charge < -0.3 is 23.9 Å². The van der Waals surface area contributed by atoms with Crippen LogP contribution in [0.1, 0.15) is 18.5 Å². The zero-order valence-corrected chi connectivity index (χ0v) is 19.2. The third kappa shape index (κ3) is 4.85. The lowest BCUT2D eigenvalue weighted by Gasteiger charge is -2.37. The zero-order valence-electron chi connectivity index (χ0n) is 19.2. The number of pyridine rings is 2. The van der Waals surface area contributed by atoms with Crippen LogP contribution >= 0.6 is 0 Å². The number of piperidine rings is 1. The molecule has 5 rings (SSSR count). The van der Waals surface area contributed by atoms with E-state index in [1.807, 2.05) is 16.9 Å². The van der Waals surface area contributed by atoms with Crippen LogP contribution < -0.4 is 19.8 Å². The lowest BCUT2D eigenvalue weighted by atomic mass is 9.99. The Balaban J connectivity index is 1.16. The Hall–Kier alpha value is -3.18. The van der Waals surface area contributed by atoms with Gasteiger partial charge in [-0.2, -0.15) is 4.98 Å². The van der Waals surface area contributed by atoms with Crippen molar-refractivity contribution in [3.05, 3.63) is 46.6 Å². The van der Waals surface area contributed by atoms with Crippen molar-refractivity contribution in [2.24, 2.45) is 0 Å². The Bertz CT molecular complexity index is 1210. The predicted octanol–water partition coefficient (Wildman–Crippen LogP) is 1.02. The molecule has 2 radical (unpaired) electrons. The molecule has 0 aromatic carbocycles. The lowest BCUT2D eigenvalue weighted by Crippen LogP contribution is -2.45. The fraction of sp³-hybridized carbons (Fsp3) is 0.478. The molecular weight excluding hydrogens is 435 g/mol. The summed E-state index contributed by atoms with van der Waals surface area (Å²) in [5.74, 6) is 1.87. The fourth-order valence-electron chi connectivity index (χ4n) is 4.46. The van der Waals surface area contributed by atoms with Crippen molar-refractivity contribution >= 4 is 19.1 Å². The second-order valence-electron chi connectivity index (χ2n) is 8.51. The highest BCUT2D eigenvalue weighted by atomic mass is 16.6. The number of hydrogen-bond donors (Lipinski definition) is 0. The first kappa shape index (κ1) is 22.6. The van der Waals surface area contributed by atoms with Crippen molar-refractivity contribution in [2.75, 3.05) is 40.0 Å². The van der Waals surface area contributed by atoms with E-state index in [4.69, 9.17) is 22.2 Å². The van der Waals surface area contributed by atoms with E-state index >= 15 is 0 Å². The van der Waals surface area contributed by atoms with Crippen LogP contribution in [0.4, 0.5) is 0 Å². The normalized spacial score (nSPS) is 16.8. The highest BCUT2D eigenvalue weighted by Crippen LogP contribution is 2.30. The molecular formula is C23H27BN6O4. The molecule has 0 aliphatic carbocycles. The van der Waals surface area contributed by atoms with Gasteiger partial charge in [0.1, 0.15) is 18.7 Å². The van der Waals surface area contributed by atoms with Gasteiger partial charge in [0.15, 0.2) is 25.1 Å². The molecule has 0 saturated carbocycles. The minimum absolute atomic E-state index is 0.164. The first-order valence-electron chi connectivity index (χ1n) is 11.5. The third-order valence-electron chi connectivity index (χ3n) is 6.37. The molecule has 0 unspecified atom stereocenters. The van der Waals surface area contributed by atoms with Crippen molar-refractivity contribution in [3.63, 3.8) is 0 Å². The van der Waals surface area contributed by atoms with Gasteiger partial charge in [-0.05, 0) is 32.0 Å². The number of likely N-dealkylation sites (tertiary alicyclic amines) is 1. The second-order valence-corrected chi connectivity index (χ2v) is 8.51. The van der Waals surface area contributed by atoms with Crippen molar-refractivity contribution < 1.29 is 14.2 Å². The molecule has 0 N–H and O–H groups in total. The number of hydrogen-bond acceptors (Lipinski definition) is 9. The Labute approximate surface area is 198 Å². The summed E-state index contributed by atoms with van der Waals surface area (Å²) in [6.45, 7) is 4.74. The minimum atomic E-state index is -0.164. The highest BCUT2D eigenvalue weighted by molar-refractivity contribution is 6.04. The molecule has 34 heavy (non-hydrogen) atoms. The molecule has 1 saturated heterocycles. The molecule has 0 bridgehead atoms. The van der Waals surface area contributed by atoms with E-state index in [0.29, 0.717) is 49.1 Å². The maximum atomic E-state index is 12.5. The van der Waals surface area contributed by atoms with Crippen LogP contribution in [-0.2, 0) is 13.1 Å². The summed E-state index contributed by atoms with van der Waals surface area (Å²) < 4.78 is 18.1. The average molecular weight is 462 g/mol. The van der Waals surface area contributed by atoms with Crippen LogP contribution in [0.25, 0.3) is 11.2 Å². The monoisotopic (exact) mass is 462 g/mol. The molecule has 2 aliphatic rings. The molecule has 10 nitrogen and oxygen atoms in total. The van der Waals surface area contributed by atoms with Gasteiger partial charge in [-0.1, -0.05) is 0 Å². The van der Waals surface area contributed by atoms with Crippen LogP contribution in [0.5, 0.6) is 17.4 Å². The molecule has 0 atom stereocenters. The van der Waals surface area contributed by atoms with Gasteiger partial charge in [-0.25, -0.2) is 4.98 Å². The topological polar surface area (TPSA) is 94.8 Å². The summed E-state index contributed by atoms with van der Waals surface area (Å²) in [6.07, 6.45) is 4.94. The molecule has 3 aromatic heterocycles. The Morgan fingerprint density at radius 3 is 2.71 bits per heavy atom. The van der Waals surface area contributed by atoms with Crippen LogP contribution in [0.3, 0.4) is 0 Å². The van der Waals surface area contributed by atoms with E-state index in [2.05, 4.69) is 19.9 Å². The van der Waals surface area contributed by atoms with Gasteiger partial charge in [0, 0.05) is 37.8 Å². The number of ether oxygens (including phenoxy) is 3. The Morgan fingerprint density at radius 1 is 1.12 bits per heavy atom. The van der Waals surface area contributed by atoms with Crippen LogP contribution in [0, 0.1) is 0 Å². The molecule has 1 fully saturated rings. The Kier molecular flexibility index (Phi) is 6.64. The van der Waals surface area contributed by atoms with E-state index in [9.17, 15) is 4.79 Å².